The minimum atomic E-state index is -4.71. The number of primary amides is 1. The molecule has 7 N–H and O–H groups in total. The van der Waals surface area contributed by atoms with Crippen LogP contribution in [0.1, 0.15) is 122 Å². The Morgan fingerprint density at radius 1 is 0.926 bits per heavy atom. The summed E-state index contributed by atoms with van der Waals surface area (Å²) < 4.78 is 15.8. The second-order valence-electron chi connectivity index (χ2n) is 14.9. The molecule has 2 fully saturated rings. The number of carbonyl (C=O) groups excluding carboxylic acids is 5. The monoisotopic (exact) mass is 778 g/mol. The Morgan fingerprint density at radius 2 is 1.56 bits per heavy atom. The predicted octanol–water partition coefficient (Wildman–Crippen LogP) is 3.45. The number of rotatable bonds is 24. The van der Waals surface area contributed by atoms with Crippen LogP contribution in [0.15, 0.2) is 24.3 Å². The Morgan fingerprint density at radius 3 is 2.15 bits per heavy atom. The highest BCUT2D eigenvalue weighted by atomic mass is 31.2. The van der Waals surface area contributed by atoms with Crippen molar-refractivity contribution >= 4 is 37.4 Å². The molecule has 2 aliphatic heterocycles. The average molecular weight is 779 g/mol. The maximum absolute atomic E-state index is 14.0. The smallest absolute Gasteiger partial charge is 0.404 e. The number of phosphoric ester groups is 1. The second-order valence-corrected chi connectivity index (χ2v) is 16.1. The molecule has 1 aromatic carbocycles. The second kappa shape index (κ2) is 22.8. The molecule has 0 bridgehead atoms. The number of carbonyl (C=O) groups is 5. The molecule has 2 aliphatic rings. The molecule has 304 valence electrons. The van der Waals surface area contributed by atoms with Gasteiger partial charge in [0.1, 0.15) is 23.9 Å². The maximum Gasteiger partial charge on any atom is 0.524 e. The van der Waals surface area contributed by atoms with E-state index in [9.17, 15) is 28.5 Å². The molecule has 0 saturated carbocycles. The molecule has 54 heavy (non-hydrogen) atoms. The van der Waals surface area contributed by atoms with Crippen molar-refractivity contribution in [2.45, 2.75) is 153 Å². The molecule has 0 aliphatic carbocycles. The van der Waals surface area contributed by atoms with E-state index >= 15 is 0 Å². The summed E-state index contributed by atoms with van der Waals surface area (Å²) in [5.41, 5.74) is 6.10. The number of likely N-dealkylation sites (N-methyl/N-ethyl adjacent to an activating group) is 1. The van der Waals surface area contributed by atoms with Gasteiger partial charge in [-0.05, 0) is 83.2 Å². The lowest BCUT2D eigenvalue weighted by atomic mass is 10.0. The first-order valence-electron chi connectivity index (χ1n) is 19.7. The Hall–Kier alpha value is -3.52. The summed E-state index contributed by atoms with van der Waals surface area (Å²) in [7, 11) is -1.23. The van der Waals surface area contributed by atoms with Gasteiger partial charge in [0, 0.05) is 19.0 Å². The van der Waals surface area contributed by atoms with Gasteiger partial charge in [-0.3, -0.25) is 38.7 Å². The van der Waals surface area contributed by atoms with E-state index in [2.05, 4.69) is 27.4 Å². The fraction of sp³-hybridized carbons (Fsp3) is 0.711. The first-order valence-corrected chi connectivity index (χ1v) is 21.2. The molecule has 1 aromatic rings. The van der Waals surface area contributed by atoms with Crippen LogP contribution in [-0.4, -0.2) is 100.0 Å². The zero-order valence-electron chi connectivity index (χ0n) is 32.3. The maximum atomic E-state index is 14.0. The highest BCUT2D eigenvalue weighted by Crippen LogP contribution is 2.37. The number of fused-ring (bicyclic) bond motifs is 1. The predicted molar refractivity (Wildman–Crippen MR) is 205 cm³/mol. The molecule has 5 amide bonds. The molecule has 0 unspecified atom stereocenters. The fourth-order valence-electron chi connectivity index (χ4n) is 7.35. The van der Waals surface area contributed by atoms with E-state index in [0.29, 0.717) is 44.2 Å². The molecule has 3 rings (SSSR count). The fourth-order valence-corrected chi connectivity index (χ4v) is 7.74. The number of nitrogens with one attached hydrogen (secondary N) is 3. The third kappa shape index (κ3) is 15.3. The number of phosphoric acid groups is 1. The van der Waals surface area contributed by atoms with Gasteiger partial charge in [0.15, 0.2) is 0 Å². The Labute approximate surface area is 320 Å². The van der Waals surface area contributed by atoms with Crippen LogP contribution in [0.2, 0.25) is 0 Å². The lowest BCUT2D eigenvalue weighted by Crippen LogP contribution is -2.58. The van der Waals surface area contributed by atoms with Gasteiger partial charge in [0.25, 0.3) is 0 Å². The standard InChI is InChI=1S/C38H63N6O9P/c1-4-5-6-7-8-9-10-11-12-13-25-40-35(46)30(22-24-34(39)45)41-36(47)32-23-19-28-15-14-16-31(38(49)44(28)32)42-37(48)33(43(2)3)26-27-17-20-29(21-18-27)53-54(50,51)52/h17-18,20-21,28,30-33H,4-16,19,22-26H2,1-3H3,(H2,39,45)(H,40,46)(H,41,47)(H,42,48)(H2,50,51,52)/t28-,30-,31-,32-,33-/m0/s1. The Balaban J connectivity index is 1.58. The lowest BCUT2D eigenvalue weighted by molar-refractivity contribution is -0.143. The number of nitrogens with zero attached hydrogens (tertiary/aromatic N) is 2. The van der Waals surface area contributed by atoms with E-state index in [0.717, 1.165) is 19.3 Å². The molecule has 15 nitrogen and oxygen atoms in total. The van der Waals surface area contributed by atoms with E-state index in [-0.39, 0.29) is 48.8 Å². The van der Waals surface area contributed by atoms with Crippen LogP contribution in [0, 0.1) is 0 Å². The number of hydrogen-bond acceptors (Lipinski definition) is 8. The van der Waals surface area contributed by atoms with Crippen molar-refractivity contribution in [2.24, 2.45) is 5.73 Å². The van der Waals surface area contributed by atoms with Crippen LogP contribution < -0.4 is 26.2 Å². The van der Waals surface area contributed by atoms with E-state index in [4.69, 9.17) is 15.5 Å². The number of amides is 5. The van der Waals surface area contributed by atoms with Crippen molar-refractivity contribution in [1.82, 2.24) is 25.8 Å². The molecule has 2 saturated heterocycles. The van der Waals surface area contributed by atoms with Crippen molar-refractivity contribution in [3.05, 3.63) is 29.8 Å². The zero-order chi connectivity index (χ0) is 39.7. The topological polar surface area (TPSA) is 221 Å². The normalized spacial score (nSPS) is 19.8. The van der Waals surface area contributed by atoms with Crippen molar-refractivity contribution in [1.29, 1.82) is 0 Å². The summed E-state index contributed by atoms with van der Waals surface area (Å²) in [6.45, 7) is 2.67. The van der Waals surface area contributed by atoms with Crippen molar-refractivity contribution in [3.8, 4) is 5.75 Å². The van der Waals surface area contributed by atoms with E-state index < -0.39 is 43.8 Å². The quantitative estimate of drug-likeness (QED) is 0.0663. The van der Waals surface area contributed by atoms with Crippen LogP contribution in [0.3, 0.4) is 0 Å². The minimum absolute atomic E-state index is 0.00934. The van der Waals surface area contributed by atoms with Crippen LogP contribution >= 0.6 is 7.82 Å². The molecule has 2 heterocycles. The molecular formula is C38H63N6O9P. The van der Waals surface area contributed by atoms with Gasteiger partial charge in [0.05, 0.1) is 6.04 Å². The SMILES string of the molecule is CCCCCCCCCCCCNC(=O)[C@H](CCC(N)=O)NC(=O)[C@@H]1CC[C@@H]2CCC[C@H](NC(=O)[C@H](Cc3ccc(OP(=O)(O)O)cc3)N(C)C)C(=O)N21. The van der Waals surface area contributed by atoms with Gasteiger partial charge in [0.2, 0.25) is 29.5 Å². The summed E-state index contributed by atoms with van der Waals surface area (Å²) in [5.74, 6) is -2.18. The molecule has 0 aromatic heterocycles. The van der Waals surface area contributed by atoms with Gasteiger partial charge >= 0.3 is 7.82 Å². The largest absolute Gasteiger partial charge is 0.524 e. The molecule has 0 spiro atoms. The molecular weight excluding hydrogens is 715 g/mol. The third-order valence-electron chi connectivity index (χ3n) is 10.3. The van der Waals surface area contributed by atoms with Crippen LogP contribution in [0.25, 0.3) is 0 Å². The summed E-state index contributed by atoms with van der Waals surface area (Å²) in [4.78, 5) is 87.7. The van der Waals surface area contributed by atoms with Gasteiger partial charge < -0.3 is 31.1 Å². The van der Waals surface area contributed by atoms with E-state index in [1.807, 2.05) is 0 Å². The third-order valence-corrected chi connectivity index (χ3v) is 10.8. The van der Waals surface area contributed by atoms with Gasteiger partial charge in [-0.1, -0.05) is 76.8 Å². The van der Waals surface area contributed by atoms with Crippen molar-refractivity contribution in [3.63, 3.8) is 0 Å². The summed E-state index contributed by atoms with van der Waals surface area (Å²) >= 11 is 0. The summed E-state index contributed by atoms with van der Waals surface area (Å²) in [6.07, 6.45) is 14.7. The van der Waals surface area contributed by atoms with Crippen LogP contribution in [0.5, 0.6) is 5.75 Å². The van der Waals surface area contributed by atoms with E-state index in [1.54, 1.807) is 36.0 Å². The average Bonchev–Trinajstić information content (AvgIpc) is 3.47. The first kappa shape index (κ1) is 44.9. The van der Waals surface area contributed by atoms with Gasteiger partial charge in [-0.25, -0.2) is 4.57 Å². The van der Waals surface area contributed by atoms with Gasteiger partial charge in [-0.15, -0.1) is 0 Å². The van der Waals surface area contributed by atoms with Crippen LogP contribution in [-0.2, 0) is 35.0 Å². The van der Waals surface area contributed by atoms with Gasteiger partial charge in [-0.2, -0.15) is 0 Å². The number of hydrogen-bond donors (Lipinski definition) is 6. The van der Waals surface area contributed by atoms with Crippen molar-refractivity contribution < 1.29 is 42.8 Å². The molecule has 5 atom stereocenters. The molecule has 16 heteroatoms. The number of benzene rings is 1. The Kier molecular flexibility index (Phi) is 18.9. The van der Waals surface area contributed by atoms with Crippen molar-refractivity contribution in [2.75, 3.05) is 20.6 Å². The number of nitrogens with two attached hydrogens (primary N) is 1. The summed E-state index contributed by atoms with van der Waals surface area (Å²) in [6, 6.07) is 2.52. The molecule has 0 radical (unpaired) electrons. The highest BCUT2D eigenvalue weighted by molar-refractivity contribution is 7.46. The zero-order valence-corrected chi connectivity index (χ0v) is 33.2. The first-order chi connectivity index (χ1) is 25.7. The lowest BCUT2D eigenvalue weighted by Gasteiger charge is -2.32. The Bertz CT molecular complexity index is 1420. The van der Waals surface area contributed by atoms with Crippen LogP contribution in [0.4, 0.5) is 0 Å². The highest BCUT2D eigenvalue weighted by Gasteiger charge is 2.45. The summed E-state index contributed by atoms with van der Waals surface area (Å²) in [5, 5.41) is 8.64. The minimum Gasteiger partial charge on any atom is -0.404 e. The van der Waals surface area contributed by atoms with E-state index in [1.165, 1.54) is 57.1 Å². The number of unbranched alkanes of at least 4 members (excludes halogenated alkanes) is 9.